The monoisotopic (exact) mass is 577 g/mol. The molecule has 1 spiro atoms. The molecular weight excluding hydrogens is 557 g/mol. The van der Waals surface area contributed by atoms with Crippen molar-refractivity contribution in [2.24, 2.45) is 5.41 Å². The molecule has 3 atom stereocenters. The van der Waals surface area contributed by atoms with Gasteiger partial charge >= 0.3 is 0 Å². The highest BCUT2D eigenvalue weighted by Gasteiger charge is 2.71. The molecule has 3 aliphatic rings. The van der Waals surface area contributed by atoms with Crippen molar-refractivity contribution in [2.45, 2.75) is 18.0 Å². The smallest absolute Gasteiger partial charge is 0.185 e. The van der Waals surface area contributed by atoms with Crippen LogP contribution in [0.25, 0.3) is 6.08 Å². The molecular formula is C33H21BrFNO3. The molecule has 0 bridgehead atoms. The van der Waals surface area contributed by atoms with Crippen LogP contribution in [0.15, 0.2) is 108 Å². The van der Waals surface area contributed by atoms with Gasteiger partial charge < -0.3 is 4.90 Å². The predicted molar refractivity (Wildman–Crippen MR) is 151 cm³/mol. The van der Waals surface area contributed by atoms with E-state index in [1.807, 2.05) is 41.3 Å². The first-order chi connectivity index (χ1) is 18.9. The van der Waals surface area contributed by atoms with Crippen LogP contribution in [0, 0.1) is 11.2 Å². The summed E-state index contributed by atoms with van der Waals surface area (Å²) >= 11 is 3.53. The molecule has 2 heterocycles. The Morgan fingerprint density at radius 1 is 0.821 bits per heavy atom. The lowest BCUT2D eigenvalue weighted by atomic mass is 9.64. The molecule has 4 nitrogen and oxygen atoms in total. The zero-order valence-corrected chi connectivity index (χ0v) is 22.1. The molecule has 6 heteroatoms. The Bertz CT molecular complexity index is 1680. The molecule has 1 aliphatic carbocycles. The number of halogens is 2. The van der Waals surface area contributed by atoms with E-state index in [9.17, 15) is 18.8 Å². The van der Waals surface area contributed by atoms with Gasteiger partial charge in [-0.3, -0.25) is 14.4 Å². The van der Waals surface area contributed by atoms with Gasteiger partial charge in [0, 0.05) is 32.8 Å². The fraction of sp³-hybridized carbons (Fsp3) is 0.121. The molecule has 0 unspecified atom stereocenters. The molecule has 4 aromatic rings. The molecule has 0 amide bonds. The van der Waals surface area contributed by atoms with Crippen molar-refractivity contribution in [3.8, 4) is 0 Å². The maximum atomic E-state index is 14.5. The fourth-order valence-corrected chi connectivity index (χ4v) is 7.14. The van der Waals surface area contributed by atoms with Crippen LogP contribution >= 0.6 is 15.9 Å². The second-order valence-electron chi connectivity index (χ2n) is 10.2. The summed E-state index contributed by atoms with van der Waals surface area (Å²) in [5.74, 6) is -2.10. The summed E-state index contributed by atoms with van der Waals surface area (Å²) in [7, 11) is 0. The fourth-order valence-electron chi connectivity index (χ4n) is 6.76. The SMILES string of the molecule is O=C(c1ccccc1)[C@H]1[C@H](c2ccc(F)cc2)C2(C(=O)c3ccccc3C2=O)[C@@H]2C=Cc3cc(Br)ccc3N21. The molecule has 190 valence electrons. The van der Waals surface area contributed by atoms with E-state index in [1.165, 1.54) is 12.1 Å². The number of anilines is 1. The first-order valence-corrected chi connectivity index (χ1v) is 13.5. The zero-order valence-electron chi connectivity index (χ0n) is 20.6. The summed E-state index contributed by atoms with van der Waals surface area (Å²) in [6.07, 6.45) is 3.80. The van der Waals surface area contributed by atoms with Gasteiger partial charge in [-0.15, -0.1) is 0 Å². The molecule has 1 fully saturated rings. The van der Waals surface area contributed by atoms with Gasteiger partial charge in [0.25, 0.3) is 0 Å². The Morgan fingerprint density at radius 3 is 2.13 bits per heavy atom. The number of rotatable bonds is 3. The van der Waals surface area contributed by atoms with Gasteiger partial charge in [0.15, 0.2) is 17.3 Å². The Balaban J connectivity index is 1.55. The van der Waals surface area contributed by atoms with Gasteiger partial charge in [-0.05, 0) is 41.5 Å². The summed E-state index contributed by atoms with van der Waals surface area (Å²) in [6.45, 7) is 0. The second-order valence-corrected chi connectivity index (χ2v) is 11.1. The molecule has 7 rings (SSSR count). The van der Waals surface area contributed by atoms with Crippen molar-refractivity contribution in [1.82, 2.24) is 0 Å². The highest BCUT2D eigenvalue weighted by atomic mass is 79.9. The number of carbonyl (C=O) groups is 3. The van der Waals surface area contributed by atoms with Gasteiger partial charge in [0.2, 0.25) is 0 Å². The van der Waals surface area contributed by atoms with Crippen molar-refractivity contribution in [1.29, 1.82) is 0 Å². The number of hydrogen-bond acceptors (Lipinski definition) is 4. The zero-order chi connectivity index (χ0) is 26.9. The number of ketones is 3. The Morgan fingerprint density at radius 2 is 1.46 bits per heavy atom. The lowest BCUT2D eigenvalue weighted by Crippen LogP contribution is -2.48. The first-order valence-electron chi connectivity index (χ1n) is 12.7. The number of carbonyl (C=O) groups excluding carboxylic acids is 3. The minimum Gasteiger partial charge on any atom is -0.352 e. The third-order valence-electron chi connectivity index (χ3n) is 8.32. The summed E-state index contributed by atoms with van der Waals surface area (Å²) in [4.78, 5) is 45.5. The van der Waals surface area contributed by atoms with Crippen LogP contribution in [-0.4, -0.2) is 29.4 Å². The summed E-state index contributed by atoms with van der Waals surface area (Å²) < 4.78 is 15.0. The molecule has 4 aromatic carbocycles. The topological polar surface area (TPSA) is 54.5 Å². The highest BCUT2D eigenvalue weighted by molar-refractivity contribution is 9.10. The summed E-state index contributed by atoms with van der Waals surface area (Å²) in [6, 6.07) is 25.8. The quantitative estimate of drug-likeness (QED) is 0.196. The molecule has 0 N–H and O–H groups in total. The van der Waals surface area contributed by atoms with Crippen LogP contribution in [0.3, 0.4) is 0 Å². The highest BCUT2D eigenvalue weighted by Crippen LogP contribution is 2.61. The average Bonchev–Trinajstić information content (AvgIpc) is 3.39. The van der Waals surface area contributed by atoms with Crippen molar-refractivity contribution in [3.63, 3.8) is 0 Å². The normalized spacial score (nSPS) is 22.1. The summed E-state index contributed by atoms with van der Waals surface area (Å²) in [5, 5.41) is 0. The molecule has 1 saturated heterocycles. The predicted octanol–water partition coefficient (Wildman–Crippen LogP) is 6.90. The Labute approximate surface area is 232 Å². The van der Waals surface area contributed by atoms with E-state index in [1.54, 1.807) is 60.7 Å². The maximum absolute atomic E-state index is 14.5. The first kappa shape index (κ1) is 23.9. The Kier molecular flexibility index (Phi) is 5.32. The van der Waals surface area contributed by atoms with Crippen LogP contribution in [-0.2, 0) is 0 Å². The molecule has 0 saturated carbocycles. The van der Waals surface area contributed by atoms with Gasteiger partial charge in [-0.25, -0.2) is 4.39 Å². The number of fused-ring (bicyclic) bond motifs is 5. The van der Waals surface area contributed by atoms with E-state index < -0.39 is 29.2 Å². The third-order valence-corrected chi connectivity index (χ3v) is 8.82. The van der Waals surface area contributed by atoms with Crippen LogP contribution in [0.5, 0.6) is 0 Å². The van der Waals surface area contributed by atoms with E-state index in [4.69, 9.17) is 0 Å². The number of hydrogen-bond donors (Lipinski definition) is 0. The minimum absolute atomic E-state index is 0.201. The van der Waals surface area contributed by atoms with Crippen molar-refractivity contribution >= 4 is 45.0 Å². The average molecular weight is 578 g/mol. The molecule has 39 heavy (non-hydrogen) atoms. The standard InChI is InChI=1S/C33H21BrFNO3/c34-22-13-16-26-21(18-22)12-17-27-33(31(38)24-8-4-5-9-25(24)32(33)39)28(19-10-14-23(35)15-11-19)29(36(26)27)30(37)20-6-2-1-3-7-20/h1-18,27-29H/t27-,28-,29+/m0/s1. The second kappa shape index (κ2) is 8.68. The van der Waals surface area contributed by atoms with E-state index in [0.717, 1.165) is 15.7 Å². The van der Waals surface area contributed by atoms with Gasteiger partial charge in [-0.1, -0.05) is 94.8 Å². The lowest BCUT2D eigenvalue weighted by Gasteiger charge is -2.37. The van der Waals surface area contributed by atoms with E-state index in [2.05, 4.69) is 15.9 Å². The van der Waals surface area contributed by atoms with Crippen molar-refractivity contribution in [3.05, 3.63) is 141 Å². The van der Waals surface area contributed by atoms with Gasteiger partial charge in [0.1, 0.15) is 17.3 Å². The van der Waals surface area contributed by atoms with Crippen molar-refractivity contribution in [2.75, 3.05) is 4.90 Å². The van der Waals surface area contributed by atoms with Crippen LogP contribution < -0.4 is 4.90 Å². The number of benzene rings is 4. The van der Waals surface area contributed by atoms with E-state index in [0.29, 0.717) is 22.3 Å². The molecule has 2 aliphatic heterocycles. The molecule has 0 radical (unpaired) electrons. The maximum Gasteiger partial charge on any atom is 0.185 e. The van der Waals surface area contributed by atoms with E-state index in [-0.39, 0.29) is 17.3 Å². The number of Topliss-reactive ketones (excluding diaryl/α,β-unsaturated/α-hetero) is 3. The number of nitrogens with zero attached hydrogens (tertiary/aromatic N) is 1. The minimum atomic E-state index is -1.60. The van der Waals surface area contributed by atoms with Gasteiger partial charge in [0.05, 0.1) is 6.04 Å². The van der Waals surface area contributed by atoms with Crippen molar-refractivity contribution < 1.29 is 18.8 Å². The largest absolute Gasteiger partial charge is 0.352 e. The third kappa shape index (κ3) is 3.24. The lowest BCUT2D eigenvalue weighted by molar-refractivity contribution is 0.0666. The Hall–Kier alpha value is -4.16. The van der Waals surface area contributed by atoms with Gasteiger partial charge in [-0.2, -0.15) is 0 Å². The van der Waals surface area contributed by atoms with Crippen LogP contribution in [0.4, 0.5) is 10.1 Å². The van der Waals surface area contributed by atoms with E-state index >= 15 is 0 Å². The van der Waals surface area contributed by atoms with Crippen LogP contribution in [0.2, 0.25) is 0 Å². The molecule has 0 aromatic heterocycles. The summed E-state index contributed by atoms with van der Waals surface area (Å²) in [5.41, 5.74) is 1.81. The van der Waals surface area contributed by atoms with Crippen LogP contribution in [0.1, 0.15) is 48.1 Å².